The summed E-state index contributed by atoms with van der Waals surface area (Å²) in [6.45, 7) is 7.05. The molecule has 0 unspecified atom stereocenters. The molecule has 1 aromatic carbocycles. The molecule has 112 valence electrons. The summed E-state index contributed by atoms with van der Waals surface area (Å²) in [6, 6.07) is 7.48. The molecule has 6 heteroatoms. The molecule has 3 N–H and O–H groups in total. The molecule has 0 fully saturated rings. The van der Waals surface area contributed by atoms with Gasteiger partial charge in [-0.05, 0) is 33.8 Å². The standard InChI is InChI=1S/C15H19N3O3/c1-9-12(10-7-5-6-8-11(10)16-9)13(19)17-18-14(20)21-15(2,3)4/h5-8,16H,1-4H3,(H,17,19)(H,18,20). The Morgan fingerprint density at radius 2 is 1.81 bits per heavy atom. The summed E-state index contributed by atoms with van der Waals surface area (Å²) in [5.41, 5.74) is 6.09. The van der Waals surface area contributed by atoms with Gasteiger partial charge in [0.2, 0.25) is 0 Å². The highest BCUT2D eigenvalue weighted by Gasteiger charge is 2.19. The van der Waals surface area contributed by atoms with Gasteiger partial charge in [-0.15, -0.1) is 0 Å². The van der Waals surface area contributed by atoms with E-state index in [4.69, 9.17) is 4.74 Å². The van der Waals surface area contributed by atoms with E-state index in [0.717, 1.165) is 16.6 Å². The molecule has 0 aliphatic heterocycles. The Kier molecular flexibility index (Phi) is 3.88. The maximum atomic E-state index is 12.2. The van der Waals surface area contributed by atoms with Crippen molar-refractivity contribution in [2.45, 2.75) is 33.3 Å². The van der Waals surface area contributed by atoms with Gasteiger partial charge in [0.1, 0.15) is 5.60 Å². The van der Waals surface area contributed by atoms with Crippen molar-refractivity contribution in [3.63, 3.8) is 0 Å². The molecule has 0 aliphatic rings. The number of fused-ring (bicyclic) bond motifs is 1. The third-order valence-corrected chi connectivity index (χ3v) is 2.80. The molecular weight excluding hydrogens is 270 g/mol. The number of para-hydroxylation sites is 1. The Morgan fingerprint density at radius 3 is 2.48 bits per heavy atom. The van der Waals surface area contributed by atoms with Crippen molar-refractivity contribution in [2.75, 3.05) is 0 Å². The summed E-state index contributed by atoms with van der Waals surface area (Å²) < 4.78 is 5.05. The summed E-state index contributed by atoms with van der Waals surface area (Å²) in [7, 11) is 0. The van der Waals surface area contributed by atoms with Gasteiger partial charge in [-0.2, -0.15) is 0 Å². The van der Waals surface area contributed by atoms with E-state index in [1.165, 1.54) is 0 Å². The fraction of sp³-hybridized carbons (Fsp3) is 0.333. The van der Waals surface area contributed by atoms with Crippen LogP contribution in [0.3, 0.4) is 0 Å². The molecule has 21 heavy (non-hydrogen) atoms. The van der Waals surface area contributed by atoms with Crippen LogP contribution in [0.2, 0.25) is 0 Å². The first-order valence-corrected chi connectivity index (χ1v) is 6.64. The fourth-order valence-electron chi connectivity index (χ4n) is 2.04. The lowest BCUT2D eigenvalue weighted by Gasteiger charge is -2.19. The lowest BCUT2D eigenvalue weighted by atomic mass is 10.1. The number of ether oxygens (including phenoxy) is 1. The second-order valence-corrected chi connectivity index (χ2v) is 5.75. The van der Waals surface area contributed by atoms with Gasteiger partial charge in [0.15, 0.2) is 0 Å². The third kappa shape index (κ3) is 3.53. The highest BCUT2D eigenvalue weighted by Crippen LogP contribution is 2.21. The maximum Gasteiger partial charge on any atom is 0.426 e. The van der Waals surface area contributed by atoms with Gasteiger partial charge in [0, 0.05) is 16.6 Å². The van der Waals surface area contributed by atoms with Crippen molar-refractivity contribution in [1.82, 2.24) is 15.8 Å². The predicted molar refractivity (Wildman–Crippen MR) is 79.9 cm³/mol. The summed E-state index contributed by atoms with van der Waals surface area (Å²) in [5, 5.41) is 0.804. The number of hydrogen-bond acceptors (Lipinski definition) is 3. The predicted octanol–water partition coefficient (Wildman–Crippen LogP) is 2.65. The van der Waals surface area contributed by atoms with E-state index < -0.39 is 17.6 Å². The number of aryl methyl sites for hydroxylation is 1. The van der Waals surface area contributed by atoms with E-state index in [9.17, 15) is 9.59 Å². The van der Waals surface area contributed by atoms with E-state index in [2.05, 4.69) is 15.8 Å². The monoisotopic (exact) mass is 289 g/mol. The SMILES string of the molecule is Cc1[nH]c2ccccc2c1C(=O)NNC(=O)OC(C)(C)C. The normalized spacial score (nSPS) is 11.2. The highest BCUT2D eigenvalue weighted by atomic mass is 16.6. The van der Waals surface area contributed by atoms with Gasteiger partial charge < -0.3 is 9.72 Å². The van der Waals surface area contributed by atoms with Crippen molar-refractivity contribution in [2.24, 2.45) is 0 Å². The minimum Gasteiger partial charge on any atom is -0.443 e. The number of hydrogen-bond donors (Lipinski definition) is 3. The van der Waals surface area contributed by atoms with Crippen molar-refractivity contribution in [3.8, 4) is 0 Å². The summed E-state index contributed by atoms with van der Waals surface area (Å²) >= 11 is 0. The van der Waals surface area contributed by atoms with E-state index in [0.29, 0.717) is 5.56 Å². The smallest absolute Gasteiger partial charge is 0.426 e. The van der Waals surface area contributed by atoms with Crippen molar-refractivity contribution >= 4 is 22.9 Å². The number of aromatic amines is 1. The average molecular weight is 289 g/mol. The van der Waals surface area contributed by atoms with Crippen LogP contribution in [0.1, 0.15) is 36.8 Å². The van der Waals surface area contributed by atoms with Crippen LogP contribution >= 0.6 is 0 Å². The summed E-state index contributed by atoms with van der Waals surface area (Å²) in [5.74, 6) is -0.393. The molecule has 0 aliphatic carbocycles. The van der Waals surface area contributed by atoms with Crippen LogP contribution < -0.4 is 10.9 Å². The molecule has 0 atom stereocenters. The van der Waals surface area contributed by atoms with E-state index in [-0.39, 0.29) is 0 Å². The van der Waals surface area contributed by atoms with Gasteiger partial charge >= 0.3 is 6.09 Å². The number of carbonyl (C=O) groups is 2. The van der Waals surface area contributed by atoms with Crippen LogP contribution in [-0.4, -0.2) is 22.6 Å². The number of benzene rings is 1. The van der Waals surface area contributed by atoms with E-state index in [1.54, 1.807) is 20.8 Å². The Hall–Kier alpha value is -2.50. The number of carbonyl (C=O) groups excluding carboxylic acids is 2. The first-order chi connectivity index (χ1) is 9.78. The van der Waals surface area contributed by atoms with Crippen LogP contribution in [0.25, 0.3) is 10.9 Å². The molecular formula is C15H19N3O3. The zero-order valence-electron chi connectivity index (χ0n) is 12.5. The molecule has 0 saturated heterocycles. The Morgan fingerprint density at radius 1 is 1.14 bits per heavy atom. The van der Waals surface area contributed by atoms with E-state index in [1.807, 2.05) is 31.2 Å². The van der Waals surface area contributed by atoms with Gasteiger partial charge in [-0.1, -0.05) is 18.2 Å². The Balaban J connectivity index is 2.09. The highest BCUT2D eigenvalue weighted by molar-refractivity contribution is 6.08. The van der Waals surface area contributed by atoms with Gasteiger partial charge in [0.25, 0.3) is 5.91 Å². The zero-order chi connectivity index (χ0) is 15.6. The second-order valence-electron chi connectivity index (χ2n) is 5.75. The Labute approximate surface area is 122 Å². The van der Waals surface area contributed by atoms with E-state index >= 15 is 0 Å². The van der Waals surface area contributed by atoms with Crippen molar-refractivity contribution in [3.05, 3.63) is 35.5 Å². The summed E-state index contributed by atoms with van der Waals surface area (Å²) in [6.07, 6.45) is -0.701. The number of rotatable bonds is 1. The molecule has 0 radical (unpaired) electrons. The maximum absolute atomic E-state index is 12.2. The molecule has 1 aromatic heterocycles. The van der Waals surface area contributed by atoms with Crippen LogP contribution in [0.4, 0.5) is 4.79 Å². The van der Waals surface area contributed by atoms with Gasteiger partial charge in [-0.3, -0.25) is 10.2 Å². The molecule has 2 aromatic rings. The minimum atomic E-state index is -0.701. The van der Waals surface area contributed by atoms with Gasteiger partial charge in [-0.25, -0.2) is 10.2 Å². The minimum absolute atomic E-state index is 0.393. The molecule has 0 bridgehead atoms. The molecule has 0 saturated carbocycles. The van der Waals surface area contributed by atoms with Gasteiger partial charge in [0.05, 0.1) is 5.56 Å². The second kappa shape index (κ2) is 5.47. The molecule has 6 nitrogen and oxygen atoms in total. The van der Waals surface area contributed by atoms with Crippen molar-refractivity contribution in [1.29, 1.82) is 0 Å². The molecule has 1 heterocycles. The lowest BCUT2D eigenvalue weighted by Crippen LogP contribution is -2.44. The molecule has 0 spiro atoms. The zero-order valence-corrected chi connectivity index (χ0v) is 12.5. The van der Waals surface area contributed by atoms with Crippen LogP contribution in [-0.2, 0) is 4.74 Å². The number of aromatic nitrogens is 1. The quantitative estimate of drug-likeness (QED) is 0.706. The number of H-pyrrole nitrogens is 1. The van der Waals surface area contributed by atoms with Crippen LogP contribution in [0.5, 0.6) is 0 Å². The fourth-order valence-corrected chi connectivity index (χ4v) is 2.04. The van der Waals surface area contributed by atoms with Crippen LogP contribution in [0, 0.1) is 6.92 Å². The first-order valence-electron chi connectivity index (χ1n) is 6.64. The number of nitrogens with one attached hydrogen (secondary N) is 3. The summed E-state index contributed by atoms with van der Waals surface area (Å²) in [4.78, 5) is 26.9. The lowest BCUT2D eigenvalue weighted by molar-refractivity contribution is 0.0483. The molecule has 2 amide bonds. The average Bonchev–Trinajstić information content (AvgIpc) is 2.70. The van der Waals surface area contributed by atoms with Crippen molar-refractivity contribution < 1.29 is 14.3 Å². The van der Waals surface area contributed by atoms with Crippen LogP contribution in [0.15, 0.2) is 24.3 Å². The number of hydrazine groups is 1. The molecule has 2 rings (SSSR count). The largest absolute Gasteiger partial charge is 0.443 e. The third-order valence-electron chi connectivity index (χ3n) is 2.80. The topological polar surface area (TPSA) is 83.2 Å². The number of amides is 2. The Bertz CT molecular complexity index is 683. The first kappa shape index (κ1) is 14.9.